The lowest BCUT2D eigenvalue weighted by atomic mass is 9.88. The Kier molecular flexibility index (Phi) is 5.56. The average molecular weight is 378 g/mol. The van der Waals surface area contributed by atoms with E-state index < -0.39 is 0 Å². The predicted octanol–water partition coefficient (Wildman–Crippen LogP) is 6.11. The number of ether oxygens (including phenoxy) is 1. The number of methoxy groups -OCH3 is 1. The lowest BCUT2D eigenvalue weighted by Gasteiger charge is -2.17. The van der Waals surface area contributed by atoms with E-state index in [4.69, 9.17) is 9.73 Å². The average Bonchev–Trinajstić information content (AvgIpc) is 3.45. The predicted molar refractivity (Wildman–Crippen MR) is 116 cm³/mol. The van der Waals surface area contributed by atoms with Crippen molar-refractivity contribution in [3.05, 3.63) is 64.6 Å². The monoisotopic (exact) mass is 377 g/mol. The first-order valence-corrected chi connectivity index (χ1v) is 10.6. The molecule has 1 aliphatic heterocycles. The summed E-state index contributed by atoms with van der Waals surface area (Å²) >= 11 is 0. The molecular weight excluding hydrogens is 346 g/mol. The Balaban J connectivity index is 1.79. The second kappa shape index (κ2) is 8.26. The fraction of sp³-hybridized carbons (Fsp3) is 0.458. The van der Waals surface area contributed by atoms with Gasteiger partial charge in [-0.25, -0.2) is 4.99 Å². The maximum Gasteiger partial charge on any atom is 0.147 e. The molecule has 1 aliphatic carbocycles. The highest BCUT2D eigenvalue weighted by molar-refractivity contribution is 6.11. The molecule has 1 atom stereocenters. The molecule has 2 bridgehead atoms. The van der Waals surface area contributed by atoms with Gasteiger partial charge in [-0.2, -0.15) is 0 Å². The number of allylic oxidation sites excluding steroid dienone is 2. The molecule has 0 saturated heterocycles. The normalized spacial score (nSPS) is 21.9. The van der Waals surface area contributed by atoms with Crippen molar-refractivity contribution in [1.82, 2.24) is 9.97 Å². The summed E-state index contributed by atoms with van der Waals surface area (Å²) in [7, 11) is 1.73. The molecule has 0 fully saturated rings. The molecule has 0 saturated carbocycles. The second-order valence-corrected chi connectivity index (χ2v) is 7.95. The van der Waals surface area contributed by atoms with Gasteiger partial charge < -0.3 is 14.7 Å². The third kappa shape index (κ3) is 3.60. The molecule has 2 aliphatic rings. The first-order chi connectivity index (χ1) is 13.7. The van der Waals surface area contributed by atoms with E-state index in [1.807, 2.05) is 24.4 Å². The zero-order chi connectivity index (χ0) is 19.5. The van der Waals surface area contributed by atoms with E-state index in [-0.39, 0.29) is 0 Å². The number of fused-ring (bicyclic) bond motifs is 2. The van der Waals surface area contributed by atoms with Crippen molar-refractivity contribution in [2.75, 3.05) is 7.11 Å². The summed E-state index contributed by atoms with van der Waals surface area (Å²) in [6.07, 6.45) is 12.8. The molecule has 1 unspecified atom stereocenters. The van der Waals surface area contributed by atoms with Gasteiger partial charge in [-0.1, -0.05) is 26.2 Å². The summed E-state index contributed by atoms with van der Waals surface area (Å²) in [6, 6.07) is 6.46. The zero-order valence-corrected chi connectivity index (χ0v) is 17.3. The van der Waals surface area contributed by atoms with Crippen LogP contribution in [-0.2, 0) is 11.2 Å². The molecule has 0 amide bonds. The van der Waals surface area contributed by atoms with Gasteiger partial charge in [-0.15, -0.1) is 0 Å². The summed E-state index contributed by atoms with van der Waals surface area (Å²) in [5.74, 6) is 1.44. The number of nitrogens with zero attached hydrogens (tertiary/aromatic N) is 1. The first-order valence-electron chi connectivity index (χ1n) is 10.6. The van der Waals surface area contributed by atoms with Crippen molar-refractivity contribution in [2.24, 2.45) is 4.99 Å². The van der Waals surface area contributed by atoms with Crippen LogP contribution in [0.1, 0.15) is 80.9 Å². The number of H-pyrrole nitrogens is 2. The van der Waals surface area contributed by atoms with E-state index in [2.05, 4.69) is 29.9 Å². The summed E-state index contributed by atoms with van der Waals surface area (Å²) in [4.78, 5) is 11.9. The maximum absolute atomic E-state index is 5.69. The minimum absolute atomic E-state index is 0.608. The molecule has 0 radical (unpaired) electrons. The molecule has 2 N–H and O–H groups in total. The van der Waals surface area contributed by atoms with E-state index >= 15 is 0 Å². The zero-order valence-electron chi connectivity index (χ0n) is 17.3. The smallest absolute Gasteiger partial charge is 0.147 e. The molecule has 4 rings (SSSR count). The van der Waals surface area contributed by atoms with Crippen LogP contribution in [0.3, 0.4) is 0 Å². The summed E-state index contributed by atoms with van der Waals surface area (Å²) in [5, 5.41) is 0. The Morgan fingerprint density at radius 2 is 2.11 bits per heavy atom. The molecule has 3 heterocycles. The number of rotatable bonds is 4. The Morgan fingerprint density at radius 3 is 2.86 bits per heavy atom. The van der Waals surface area contributed by atoms with Crippen molar-refractivity contribution >= 4 is 11.3 Å². The van der Waals surface area contributed by atoms with Crippen LogP contribution in [-0.4, -0.2) is 22.8 Å². The number of aromatic nitrogens is 2. The van der Waals surface area contributed by atoms with Crippen LogP contribution in [0.15, 0.2) is 46.9 Å². The van der Waals surface area contributed by atoms with Crippen LogP contribution in [0.5, 0.6) is 0 Å². The Bertz CT molecular complexity index is 912. The molecule has 2 aromatic heterocycles. The minimum Gasteiger partial charge on any atom is -0.494 e. The summed E-state index contributed by atoms with van der Waals surface area (Å²) in [6.45, 7) is 4.49. The van der Waals surface area contributed by atoms with Crippen LogP contribution in [0, 0.1) is 0 Å². The number of aliphatic imine (C=N–C) groups is 1. The van der Waals surface area contributed by atoms with E-state index in [1.54, 1.807) is 7.11 Å². The number of nitrogens with one attached hydrogen (secondary N) is 2. The second-order valence-electron chi connectivity index (χ2n) is 7.95. The van der Waals surface area contributed by atoms with Crippen LogP contribution in [0.25, 0.3) is 5.57 Å². The quantitative estimate of drug-likeness (QED) is 0.664. The number of aryl methyl sites for hydroxylation is 1. The molecular formula is C24H31N3O. The first kappa shape index (κ1) is 18.9. The van der Waals surface area contributed by atoms with Crippen LogP contribution in [0.4, 0.5) is 0 Å². The standard InChI is InChI=1S/C24H31N3O/c1-4-17-10-7-5-6-8-11-18-14-19(17)23(26-18)16(2)24-22(28-3)15-21(27-24)20-12-9-13-25-20/h9,12-15,17,25-26H,4-8,10-11H2,1-3H3/b24-16-. The van der Waals surface area contributed by atoms with Crippen molar-refractivity contribution in [3.63, 3.8) is 0 Å². The van der Waals surface area contributed by atoms with Gasteiger partial charge in [0, 0.05) is 29.2 Å². The van der Waals surface area contributed by atoms with Crippen molar-refractivity contribution in [2.45, 2.75) is 64.7 Å². The van der Waals surface area contributed by atoms with E-state index in [9.17, 15) is 0 Å². The minimum atomic E-state index is 0.608. The van der Waals surface area contributed by atoms with Gasteiger partial charge in [0.05, 0.1) is 18.5 Å². The van der Waals surface area contributed by atoms with Crippen LogP contribution >= 0.6 is 0 Å². The molecule has 28 heavy (non-hydrogen) atoms. The molecule has 2 aromatic rings. The Labute approximate surface area is 167 Å². The molecule has 4 heteroatoms. The highest BCUT2D eigenvalue weighted by Gasteiger charge is 2.24. The van der Waals surface area contributed by atoms with Gasteiger partial charge in [0.1, 0.15) is 11.5 Å². The Morgan fingerprint density at radius 1 is 1.25 bits per heavy atom. The van der Waals surface area contributed by atoms with Crippen LogP contribution in [0.2, 0.25) is 0 Å². The Hall–Kier alpha value is -2.49. The molecule has 4 nitrogen and oxygen atoms in total. The third-order valence-electron chi connectivity index (χ3n) is 6.14. The number of hydrogen-bond donors (Lipinski definition) is 2. The lowest BCUT2D eigenvalue weighted by Crippen LogP contribution is -2.01. The number of aromatic amines is 2. The van der Waals surface area contributed by atoms with Gasteiger partial charge in [-0.05, 0) is 62.3 Å². The SMILES string of the molecule is CCC1CCCCCCc2cc1c(/C(C)=C1\N=C(c3ccc[nH]3)C=C1OC)[nH]2. The van der Waals surface area contributed by atoms with Crippen molar-refractivity contribution in [1.29, 1.82) is 0 Å². The molecule has 0 aromatic carbocycles. The fourth-order valence-corrected chi connectivity index (χ4v) is 4.51. The third-order valence-corrected chi connectivity index (χ3v) is 6.14. The summed E-state index contributed by atoms with van der Waals surface area (Å²) in [5.41, 5.74) is 8.12. The van der Waals surface area contributed by atoms with Gasteiger partial charge in [0.15, 0.2) is 0 Å². The van der Waals surface area contributed by atoms with Crippen molar-refractivity contribution < 1.29 is 4.74 Å². The molecule has 148 valence electrons. The molecule has 0 spiro atoms. The highest BCUT2D eigenvalue weighted by Crippen LogP contribution is 2.37. The lowest BCUT2D eigenvalue weighted by molar-refractivity contribution is 0.302. The van der Waals surface area contributed by atoms with Crippen molar-refractivity contribution in [3.8, 4) is 0 Å². The van der Waals surface area contributed by atoms with Gasteiger partial charge in [0.2, 0.25) is 0 Å². The fourth-order valence-electron chi connectivity index (χ4n) is 4.51. The van der Waals surface area contributed by atoms with Crippen LogP contribution < -0.4 is 0 Å². The van der Waals surface area contributed by atoms with Gasteiger partial charge in [0.25, 0.3) is 0 Å². The van der Waals surface area contributed by atoms with E-state index in [0.717, 1.165) is 29.3 Å². The summed E-state index contributed by atoms with van der Waals surface area (Å²) < 4.78 is 5.69. The largest absolute Gasteiger partial charge is 0.494 e. The highest BCUT2D eigenvalue weighted by atomic mass is 16.5. The number of hydrogen-bond acceptors (Lipinski definition) is 2. The van der Waals surface area contributed by atoms with Gasteiger partial charge in [-0.3, -0.25) is 0 Å². The van der Waals surface area contributed by atoms with E-state index in [0.29, 0.717) is 5.92 Å². The topological polar surface area (TPSA) is 53.2 Å². The van der Waals surface area contributed by atoms with Gasteiger partial charge >= 0.3 is 0 Å². The van der Waals surface area contributed by atoms with E-state index in [1.165, 1.54) is 61.0 Å². The maximum atomic E-state index is 5.69.